The number of carbonyl (C=O) groups is 2. The number of aryl methyl sites for hydroxylation is 2. The second-order valence-corrected chi connectivity index (χ2v) is 6.26. The van der Waals surface area contributed by atoms with Crippen LogP contribution in [0.4, 0.5) is 5.69 Å². The summed E-state index contributed by atoms with van der Waals surface area (Å²) in [6, 6.07) is 9.88. The lowest BCUT2D eigenvalue weighted by Crippen LogP contribution is -2.16. The first-order valence-corrected chi connectivity index (χ1v) is 8.79. The third-order valence-electron chi connectivity index (χ3n) is 4.48. The number of hydrogen-bond acceptors (Lipinski definition) is 3. The molecule has 1 aromatic carbocycles. The summed E-state index contributed by atoms with van der Waals surface area (Å²) in [5.74, 6) is -1.30. The maximum atomic E-state index is 12.3. The van der Waals surface area contributed by atoms with Gasteiger partial charge < -0.3 is 19.6 Å². The predicted octanol–water partition coefficient (Wildman–Crippen LogP) is 3.41. The molecular formula is C20H22N4O3. The molecule has 0 saturated carbocycles. The smallest absolute Gasteiger partial charge is 0.339 e. The third kappa shape index (κ3) is 4.08. The Balaban J connectivity index is 1.66. The van der Waals surface area contributed by atoms with Gasteiger partial charge in [0.15, 0.2) is 0 Å². The number of nitrogens with zero attached hydrogens (tertiary/aromatic N) is 3. The summed E-state index contributed by atoms with van der Waals surface area (Å²) in [5, 5.41) is 12.0. The van der Waals surface area contributed by atoms with Crippen molar-refractivity contribution in [1.29, 1.82) is 0 Å². The number of amides is 1. The molecule has 2 heterocycles. The zero-order chi connectivity index (χ0) is 19.4. The standard InChI is InChI=1S/C20H22N4O3/c1-3-23-11-16(20(26)27)17(12-23)22-18(25)9-10-24-13-21-19(14(24)2)15-7-5-4-6-8-15/h4-8,11-13H,3,9-10H2,1-2H3,(H,22,25)(H,26,27). The number of aromatic carboxylic acids is 1. The summed E-state index contributed by atoms with van der Waals surface area (Å²) in [7, 11) is 0. The highest BCUT2D eigenvalue weighted by molar-refractivity contribution is 6.00. The van der Waals surface area contributed by atoms with Crippen LogP contribution < -0.4 is 5.32 Å². The van der Waals surface area contributed by atoms with Crippen LogP contribution in [-0.4, -0.2) is 31.1 Å². The fourth-order valence-electron chi connectivity index (χ4n) is 2.94. The normalized spacial score (nSPS) is 10.7. The van der Waals surface area contributed by atoms with Crippen LogP contribution in [0, 0.1) is 6.92 Å². The molecule has 0 fully saturated rings. The van der Waals surface area contributed by atoms with Crippen molar-refractivity contribution in [3.05, 3.63) is 60.3 Å². The molecule has 3 aromatic rings. The lowest BCUT2D eigenvalue weighted by Gasteiger charge is -2.07. The van der Waals surface area contributed by atoms with E-state index in [0.29, 0.717) is 18.8 Å². The Bertz CT molecular complexity index is 957. The molecule has 3 rings (SSSR count). The van der Waals surface area contributed by atoms with Gasteiger partial charge in [-0.1, -0.05) is 30.3 Å². The minimum absolute atomic E-state index is 0.0929. The van der Waals surface area contributed by atoms with E-state index in [1.165, 1.54) is 6.20 Å². The quantitative estimate of drug-likeness (QED) is 0.671. The van der Waals surface area contributed by atoms with E-state index < -0.39 is 5.97 Å². The van der Waals surface area contributed by atoms with Crippen LogP contribution in [0.5, 0.6) is 0 Å². The molecule has 7 nitrogen and oxygen atoms in total. The van der Waals surface area contributed by atoms with Crippen molar-refractivity contribution >= 4 is 17.6 Å². The van der Waals surface area contributed by atoms with Gasteiger partial charge in [0.2, 0.25) is 5.91 Å². The van der Waals surface area contributed by atoms with Gasteiger partial charge in [0.1, 0.15) is 5.56 Å². The van der Waals surface area contributed by atoms with E-state index in [2.05, 4.69) is 10.3 Å². The van der Waals surface area contributed by atoms with Crippen molar-refractivity contribution in [2.75, 3.05) is 5.32 Å². The summed E-state index contributed by atoms with van der Waals surface area (Å²) in [6.45, 7) is 4.97. The number of imidazole rings is 1. The van der Waals surface area contributed by atoms with E-state index in [4.69, 9.17) is 0 Å². The monoisotopic (exact) mass is 366 g/mol. The Labute approximate surface area is 157 Å². The predicted molar refractivity (Wildman–Crippen MR) is 103 cm³/mol. The Morgan fingerprint density at radius 1 is 1.19 bits per heavy atom. The summed E-state index contributed by atoms with van der Waals surface area (Å²) >= 11 is 0. The van der Waals surface area contributed by atoms with Crippen LogP contribution in [0.3, 0.4) is 0 Å². The molecule has 0 radical (unpaired) electrons. The molecule has 0 saturated heterocycles. The molecule has 140 valence electrons. The van der Waals surface area contributed by atoms with Crippen LogP contribution in [0.15, 0.2) is 49.1 Å². The first-order valence-electron chi connectivity index (χ1n) is 8.79. The Morgan fingerprint density at radius 2 is 1.93 bits per heavy atom. The van der Waals surface area contributed by atoms with E-state index in [1.807, 2.05) is 48.7 Å². The average molecular weight is 366 g/mol. The molecule has 7 heteroatoms. The van der Waals surface area contributed by atoms with Crippen LogP contribution in [-0.2, 0) is 17.9 Å². The molecule has 0 atom stereocenters. The number of hydrogen-bond donors (Lipinski definition) is 2. The van der Waals surface area contributed by atoms with Crippen molar-refractivity contribution in [3.63, 3.8) is 0 Å². The van der Waals surface area contributed by atoms with E-state index in [9.17, 15) is 14.7 Å². The number of benzene rings is 1. The van der Waals surface area contributed by atoms with Gasteiger partial charge in [-0.25, -0.2) is 9.78 Å². The largest absolute Gasteiger partial charge is 0.478 e. The van der Waals surface area contributed by atoms with Gasteiger partial charge in [0.25, 0.3) is 0 Å². The first-order chi connectivity index (χ1) is 13.0. The lowest BCUT2D eigenvalue weighted by molar-refractivity contribution is -0.116. The molecular weight excluding hydrogens is 344 g/mol. The molecule has 0 aliphatic carbocycles. The number of nitrogens with one attached hydrogen (secondary N) is 1. The average Bonchev–Trinajstić information content (AvgIpc) is 3.24. The summed E-state index contributed by atoms with van der Waals surface area (Å²) in [4.78, 5) is 28.1. The minimum atomic E-state index is -1.06. The molecule has 2 N–H and O–H groups in total. The SMILES string of the molecule is CCn1cc(NC(=O)CCn2cnc(-c3ccccc3)c2C)c(C(=O)O)c1. The molecule has 0 aliphatic rings. The first kappa shape index (κ1) is 18.4. The van der Waals surface area contributed by atoms with Crippen LogP contribution in [0.1, 0.15) is 29.4 Å². The topological polar surface area (TPSA) is 89.2 Å². The molecule has 0 bridgehead atoms. The van der Waals surface area contributed by atoms with Gasteiger partial charge in [-0.3, -0.25) is 4.79 Å². The highest BCUT2D eigenvalue weighted by Crippen LogP contribution is 2.22. The summed E-state index contributed by atoms with van der Waals surface area (Å²) < 4.78 is 3.66. The number of carboxylic acid groups (broad SMARTS) is 1. The third-order valence-corrected chi connectivity index (χ3v) is 4.48. The van der Waals surface area contributed by atoms with Crippen molar-refractivity contribution in [2.24, 2.45) is 0 Å². The number of anilines is 1. The fraction of sp³-hybridized carbons (Fsp3) is 0.250. The van der Waals surface area contributed by atoms with Crippen molar-refractivity contribution in [3.8, 4) is 11.3 Å². The second kappa shape index (κ2) is 7.90. The van der Waals surface area contributed by atoms with E-state index >= 15 is 0 Å². The van der Waals surface area contributed by atoms with Gasteiger partial charge in [-0.05, 0) is 13.8 Å². The fourth-order valence-corrected chi connectivity index (χ4v) is 2.94. The van der Waals surface area contributed by atoms with Gasteiger partial charge >= 0.3 is 5.97 Å². The molecule has 1 amide bonds. The maximum absolute atomic E-state index is 12.3. The number of carboxylic acids is 1. The second-order valence-electron chi connectivity index (χ2n) is 6.26. The number of carbonyl (C=O) groups excluding carboxylic acids is 1. The lowest BCUT2D eigenvalue weighted by atomic mass is 10.1. The summed E-state index contributed by atoms with van der Waals surface area (Å²) in [6.07, 6.45) is 5.10. The van der Waals surface area contributed by atoms with Crippen molar-refractivity contribution in [2.45, 2.75) is 33.4 Å². The number of aromatic nitrogens is 3. The van der Waals surface area contributed by atoms with Gasteiger partial charge in [0.05, 0.1) is 17.7 Å². The van der Waals surface area contributed by atoms with Crippen LogP contribution in [0.2, 0.25) is 0 Å². The van der Waals surface area contributed by atoms with Crippen molar-refractivity contribution in [1.82, 2.24) is 14.1 Å². The zero-order valence-corrected chi connectivity index (χ0v) is 15.3. The molecule has 0 aliphatic heterocycles. The van der Waals surface area contributed by atoms with E-state index in [0.717, 1.165) is 17.0 Å². The Kier molecular flexibility index (Phi) is 5.40. The highest BCUT2D eigenvalue weighted by Gasteiger charge is 2.16. The van der Waals surface area contributed by atoms with Crippen molar-refractivity contribution < 1.29 is 14.7 Å². The van der Waals surface area contributed by atoms with E-state index in [-0.39, 0.29) is 17.9 Å². The van der Waals surface area contributed by atoms with Crippen LogP contribution >= 0.6 is 0 Å². The Morgan fingerprint density at radius 3 is 2.59 bits per heavy atom. The molecule has 2 aromatic heterocycles. The molecule has 0 spiro atoms. The van der Waals surface area contributed by atoms with E-state index in [1.54, 1.807) is 17.1 Å². The maximum Gasteiger partial charge on any atom is 0.339 e. The highest BCUT2D eigenvalue weighted by atomic mass is 16.4. The zero-order valence-electron chi connectivity index (χ0n) is 15.3. The summed E-state index contributed by atoms with van der Waals surface area (Å²) in [5.41, 5.74) is 3.32. The minimum Gasteiger partial charge on any atom is -0.478 e. The van der Waals surface area contributed by atoms with Gasteiger partial charge in [0, 0.05) is 43.2 Å². The van der Waals surface area contributed by atoms with Crippen LogP contribution in [0.25, 0.3) is 11.3 Å². The van der Waals surface area contributed by atoms with Gasteiger partial charge in [-0.15, -0.1) is 0 Å². The Hall–Kier alpha value is -3.35. The number of rotatable bonds is 7. The van der Waals surface area contributed by atoms with Gasteiger partial charge in [-0.2, -0.15) is 0 Å². The molecule has 0 unspecified atom stereocenters. The molecule has 27 heavy (non-hydrogen) atoms.